The lowest BCUT2D eigenvalue weighted by Crippen LogP contribution is -2.65. The lowest BCUT2D eigenvalue weighted by molar-refractivity contribution is -0.182. The topological polar surface area (TPSA) is 270 Å². The van der Waals surface area contributed by atoms with Crippen LogP contribution in [0, 0.1) is 41.4 Å². The van der Waals surface area contributed by atoms with Crippen LogP contribution in [-0.2, 0) is 57.5 Å². The first-order chi connectivity index (χ1) is 46.5. The summed E-state index contributed by atoms with van der Waals surface area (Å²) < 4.78 is 42.0. The van der Waals surface area contributed by atoms with Gasteiger partial charge in [0.2, 0.25) is 70.9 Å². The molecule has 1 spiro atoms. The quantitative estimate of drug-likeness (QED) is 0.196. The largest absolute Gasteiger partial charge is 0.393 e. The highest BCUT2D eigenvalue weighted by molar-refractivity contribution is 6.21. The van der Waals surface area contributed by atoms with Gasteiger partial charge in [0.15, 0.2) is 0 Å². The summed E-state index contributed by atoms with van der Waals surface area (Å²) in [6.45, 7) is 12.3. The van der Waals surface area contributed by atoms with Crippen LogP contribution in [0.5, 0.6) is 0 Å². The number of amides is 12. The van der Waals surface area contributed by atoms with Crippen LogP contribution < -0.4 is 16.0 Å². The molecule has 3 heterocycles. The summed E-state index contributed by atoms with van der Waals surface area (Å²) in [7, 11) is 9.96. The number of nitrogens with zero attached hydrogens (tertiary/aromatic N) is 9. The summed E-state index contributed by atoms with van der Waals surface area (Å²) in [4.78, 5) is 190. The van der Waals surface area contributed by atoms with Crippen LogP contribution in [0.3, 0.4) is 0 Å². The number of nitrogens with one attached hydrogen (secondary N) is 3. The zero-order chi connectivity index (χ0) is 73.7. The Labute approximate surface area is 589 Å². The number of likely N-dealkylation sites (N-methyl/N-ethyl adjacent to an activating group) is 7. The van der Waals surface area contributed by atoms with Crippen LogP contribution in [0.25, 0.3) is 0 Å². The lowest BCUT2D eigenvalue weighted by Gasteiger charge is -2.42. The Morgan fingerprint density at radius 1 is 0.596 bits per heavy atom. The van der Waals surface area contributed by atoms with Gasteiger partial charge < -0.3 is 60.0 Å². The van der Waals surface area contributed by atoms with Crippen LogP contribution in [0.15, 0.2) is 0 Å². The number of hydrogen-bond donors (Lipinski definition) is 3. The van der Waals surface area contributed by atoms with E-state index in [1.165, 1.54) is 73.8 Å². The van der Waals surface area contributed by atoms with Crippen LogP contribution in [0.4, 0.5) is 13.2 Å². The van der Waals surface area contributed by atoms with Gasteiger partial charge in [0, 0.05) is 74.3 Å². The maximum atomic E-state index is 15.5. The molecule has 0 aromatic carbocycles. The SMILES string of the molecule is CC[C@H](C)[C@@H]1NC(=O)[C@H](CC(C)C)N(C)C(=O)C[C@@H](C(=O)N2CCCC2)N(C)C(=O)[C@H]([C@@H](C)CC)N(C)C(=O)C2(CCCC2)NC(=O)[C@@H]2CCCN2C(=O)[C@H](CCC2CCC(C(F)(F)F)C(Cl)C2)NC(=O)CN(C)C(=O)[C@H](CC2CCC(C)CC2)N(C)C(=O)CN(C)C(=O)CN(C)C1=O. The monoisotopic (exact) mass is 1420 g/mol. The summed E-state index contributed by atoms with van der Waals surface area (Å²) in [6.07, 6.45) is 2.72. The van der Waals surface area contributed by atoms with Gasteiger partial charge in [-0.15, -0.1) is 11.6 Å². The first-order valence-corrected chi connectivity index (χ1v) is 36.9. The first kappa shape index (κ1) is 81.7. The van der Waals surface area contributed by atoms with E-state index in [4.69, 9.17) is 11.6 Å². The van der Waals surface area contributed by atoms with Gasteiger partial charge in [-0.1, -0.05) is 99.8 Å². The Balaban J connectivity index is 1.41. The highest BCUT2D eigenvalue weighted by Gasteiger charge is 2.52. The van der Waals surface area contributed by atoms with E-state index in [1.807, 2.05) is 27.7 Å². The fourth-order valence-electron chi connectivity index (χ4n) is 15.7. The molecule has 560 valence electrons. The van der Waals surface area contributed by atoms with Crippen molar-refractivity contribution in [3.8, 4) is 0 Å². The van der Waals surface area contributed by atoms with E-state index in [9.17, 15) is 51.5 Å². The predicted molar refractivity (Wildman–Crippen MR) is 367 cm³/mol. The number of fused-ring (bicyclic) bond motifs is 1. The molecular weight excluding hydrogens is 1310 g/mol. The predicted octanol–water partition coefficient (Wildman–Crippen LogP) is 5.81. The fourth-order valence-corrected chi connectivity index (χ4v) is 16.2. The van der Waals surface area contributed by atoms with E-state index in [-0.39, 0.29) is 88.5 Å². The number of carbonyl (C=O) groups excluding carboxylic acids is 12. The Morgan fingerprint density at radius 3 is 1.77 bits per heavy atom. The van der Waals surface area contributed by atoms with E-state index >= 15 is 19.2 Å². The number of alkyl halides is 4. The molecule has 3 N–H and O–H groups in total. The van der Waals surface area contributed by atoms with Crippen molar-refractivity contribution in [3.63, 3.8) is 0 Å². The minimum Gasteiger partial charge on any atom is -0.343 e. The summed E-state index contributed by atoms with van der Waals surface area (Å²) in [5.41, 5.74) is -1.56. The van der Waals surface area contributed by atoms with Crippen molar-refractivity contribution >= 4 is 82.5 Å². The molecule has 0 radical (unpaired) electrons. The average molecular weight is 1420 g/mol. The number of halogens is 4. The van der Waals surface area contributed by atoms with E-state index in [0.717, 1.165) is 40.4 Å². The molecule has 3 aliphatic heterocycles. The standard InChI is InChI=1S/C71H116ClF3N12O12/c1-15-45(6)60-67(97)81(10)41-58(90)79(8)42-59(91)83(12)54(38-48-25-23-44(5)24-26-48)65(95)80(9)40-56(88)76-51(30-28-47-27-29-49(50(72)37-47)71(73,74)75)64(94)87-35-21-22-52(87)63(93)78-70(31-17-18-32-70)69(99)85(14)61(46(7)16-2)68(98)84(13)55(66(96)86-33-19-20-34-86)39-57(89)82(11)53(36-43(3)4)62(92)77-60/h43-55,60-61H,15-42H2,1-14H3,(H,76,88)(H,77,92)(H,78,93)/t44?,45-,46-,47?,48?,49?,50?,51-,52-,53-,54-,55-,60-,61-/m0/s1. The van der Waals surface area contributed by atoms with E-state index < -0.39 is 174 Å². The summed E-state index contributed by atoms with van der Waals surface area (Å²) in [6, 6.07) is -8.63. The molecule has 24 nitrogen and oxygen atoms in total. The van der Waals surface area contributed by atoms with E-state index in [1.54, 1.807) is 18.7 Å². The van der Waals surface area contributed by atoms with Crippen molar-refractivity contribution in [2.45, 2.75) is 249 Å². The second-order valence-corrected chi connectivity index (χ2v) is 31.1. The van der Waals surface area contributed by atoms with Crippen LogP contribution >= 0.6 is 11.6 Å². The first-order valence-electron chi connectivity index (χ1n) is 36.5. The molecule has 3 saturated carbocycles. The van der Waals surface area contributed by atoms with Crippen LogP contribution in [0.2, 0.25) is 0 Å². The molecule has 6 aliphatic rings. The molecule has 0 aromatic rings. The van der Waals surface area contributed by atoms with Gasteiger partial charge in [0.25, 0.3) is 0 Å². The Bertz CT molecular complexity index is 2870. The van der Waals surface area contributed by atoms with Gasteiger partial charge in [0.05, 0.1) is 32.0 Å². The molecule has 3 aliphatic carbocycles. The van der Waals surface area contributed by atoms with E-state index in [0.29, 0.717) is 64.0 Å². The molecule has 28 heteroatoms. The molecule has 12 amide bonds. The van der Waals surface area contributed by atoms with Crippen LogP contribution in [0.1, 0.15) is 190 Å². The summed E-state index contributed by atoms with van der Waals surface area (Å²) in [5.74, 6) is -10.4. The summed E-state index contributed by atoms with van der Waals surface area (Å²) in [5, 5.41) is 7.56. The Kier molecular flexibility index (Phi) is 29.7. The molecule has 6 fully saturated rings. The smallest absolute Gasteiger partial charge is 0.343 e. The molecule has 0 aromatic heterocycles. The average Bonchev–Trinajstić information content (AvgIpc) is 1.76. The van der Waals surface area contributed by atoms with Crippen molar-refractivity contribution < 1.29 is 70.7 Å². The highest BCUT2D eigenvalue weighted by atomic mass is 35.5. The zero-order valence-corrected chi connectivity index (χ0v) is 62.2. The molecule has 3 saturated heterocycles. The number of rotatable bonds is 12. The number of carbonyl (C=O) groups is 12. The maximum absolute atomic E-state index is 15.5. The second-order valence-electron chi connectivity index (χ2n) is 30.5. The van der Waals surface area contributed by atoms with Crippen LogP contribution in [-0.4, -0.2) is 263 Å². The fraction of sp³-hybridized carbons (Fsp3) is 0.831. The van der Waals surface area contributed by atoms with Gasteiger partial charge in [-0.05, 0) is 119 Å². The number of hydrogen-bond acceptors (Lipinski definition) is 12. The Morgan fingerprint density at radius 2 is 1.18 bits per heavy atom. The van der Waals surface area contributed by atoms with Crippen molar-refractivity contribution in [2.75, 3.05) is 88.6 Å². The van der Waals surface area contributed by atoms with Crippen molar-refractivity contribution in [1.29, 1.82) is 0 Å². The highest BCUT2D eigenvalue weighted by Crippen LogP contribution is 2.44. The normalized spacial score (nSPS) is 30.7. The van der Waals surface area contributed by atoms with Gasteiger partial charge >= 0.3 is 6.18 Å². The molecule has 0 bridgehead atoms. The van der Waals surface area contributed by atoms with Crippen molar-refractivity contribution in [2.24, 2.45) is 41.4 Å². The molecule has 3 unspecified atom stereocenters. The second kappa shape index (κ2) is 36.0. The third kappa shape index (κ3) is 20.7. The zero-order valence-electron chi connectivity index (χ0n) is 61.4. The molecule has 12 atom stereocenters. The number of likely N-dealkylation sites (tertiary alicyclic amines) is 1. The third-order valence-corrected chi connectivity index (χ3v) is 23.2. The van der Waals surface area contributed by atoms with Gasteiger partial charge in [-0.3, -0.25) is 57.5 Å². The van der Waals surface area contributed by atoms with Crippen molar-refractivity contribution in [3.05, 3.63) is 0 Å². The van der Waals surface area contributed by atoms with Crippen molar-refractivity contribution in [1.82, 2.24) is 60.0 Å². The van der Waals surface area contributed by atoms with Gasteiger partial charge in [-0.25, -0.2) is 0 Å². The minimum absolute atomic E-state index is 0.00165. The summed E-state index contributed by atoms with van der Waals surface area (Å²) >= 11 is 6.40. The van der Waals surface area contributed by atoms with Gasteiger partial charge in [-0.2, -0.15) is 13.2 Å². The van der Waals surface area contributed by atoms with Gasteiger partial charge in [0.1, 0.15) is 47.8 Å². The molecule has 99 heavy (non-hydrogen) atoms. The minimum atomic E-state index is -4.51. The molecule has 6 rings (SSSR count). The maximum Gasteiger partial charge on any atom is 0.393 e. The van der Waals surface area contributed by atoms with E-state index in [2.05, 4.69) is 22.9 Å². The third-order valence-electron chi connectivity index (χ3n) is 22.7. The Hall–Kier alpha value is -6.28. The lowest BCUT2D eigenvalue weighted by atomic mass is 9.78. The molecular formula is C71H116ClF3N12O12.